The van der Waals surface area contributed by atoms with Crippen LogP contribution in [0.3, 0.4) is 0 Å². The number of hydrogen-bond donors (Lipinski definition) is 0. The number of sulfonamides is 1. The summed E-state index contributed by atoms with van der Waals surface area (Å²) in [5.74, 6) is 0.972. The predicted octanol–water partition coefficient (Wildman–Crippen LogP) is 4.95. The van der Waals surface area contributed by atoms with Gasteiger partial charge < -0.3 is 9.47 Å². The molecule has 0 N–H and O–H groups in total. The van der Waals surface area contributed by atoms with Gasteiger partial charge in [-0.25, -0.2) is 8.42 Å². The second kappa shape index (κ2) is 10.7. The van der Waals surface area contributed by atoms with Crippen LogP contribution in [0.15, 0.2) is 83.8 Å². The fraction of sp³-hybridized carbons (Fsp3) is 0.222. The molecule has 4 rings (SSSR count). The number of ketones is 1. The number of carbonyl (C=O) groups excluding carboxylic acids is 1. The van der Waals surface area contributed by atoms with Crippen molar-refractivity contribution in [3.63, 3.8) is 0 Å². The van der Waals surface area contributed by atoms with Gasteiger partial charge in [0.15, 0.2) is 17.3 Å². The van der Waals surface area contributed by atoms with Gasteiger partial charge in [-0.1, -0.05) is 42.5 Å². The van der Waals surface area contributed by atoms with Crippen LogP contribution in [-0.4, -0.2) is 38.7 Å². The van der Waals surface area contributed by atoms with Crippen molar-refractivity contribution in [2.24, 2.45) is 0 Å². The summed E-state index contributed by atoms with van der Waals surface area (Å²) in [5, 5.41) is 0. The Labute approximate surface area is 200 Å². The highest BCUT2D eigenvalue weighted by Gasteiger charge is 2.27. The van der Waals surface area contributed by atoms with E-state index >= 15 is 0 Å². The fourth-order valence-electron chi connectivity index (χ4n) is 3.78. The molecule has 1 aliphatic heterocycles. The van der Waals surface area contributed by atoms with Gasteiger partial charge in [-0.2, -0.15) is 4.31 Å². The largest absolute Gasteiger partial charge is 0.493 e. The molecule has 0 atom stereocenters. The molecule has 0 radical (unpaired) electrons. The van der Waals surface area contributed by atoms with E-state index in [1.165, 1.54) is 22.5 Å². The maximum atomic E-state index is 12.6. The van der Waals surface area contributed by atoms with Crippen molar-refractivity contribution >= 4 is 21.9 Å². The number of benzene rings is 3. The Morgan fingerprint density at radius 2 is 1.65 bits per heavy atom. The van der Waals surface area contributed by atoms with Crippen LogP contribution in [0.4, 0.5) is 0 Å². The summed E-state index contributed by atoms with van der Waals surface area (Å²) >= 11 is 0. The number of allylic oxidation sites excluding steroid dienone is 1. The van der Waals surface area contributed by atoms with Crippen LogP contribution in [0.1, 0.15) is 34.3 Å². The highest BCUT2D eigenvalue weighted by Crippen LogP contribution is 2.29. The zero-order chi connectivity index (χ0) is 24.0. The molecule has 34 heavy (non-hydrogen) atoms. The Hall–Kier alpha value is -3.42. The van der Waals surface area contributed by atoms with E-state index in [4.69, 9.17) is 9.47 Å². The van der Waals surface area contributed by atoms with E-state index in [0.717, 1.165) is 24.0 Å². The number of ether oxygens (including phenoxy) is 2. The predicted molar refractivity (Wildman–Crippen MR) is 132 cm³/mol. The number of carbonyl (C=O) groups is 1. The lowest BCUT2D eigenvalue weighted by Gasteiger charge is -2.15. The summed E-state index contributed by atoms with van der Waals surface area (Å²) < 4.78 is 38.1. The van der Waals surface area contributed by atoms with E-state index < -0.39 is 10.0 Å². The molecule has 0 unspecified atom stereocenters. The van der Waals surface area contributed by atoms with Crippen molar-refractivity contribution in [1.29, 1.82) is 0 Å². The van der Waals surface area contributed by atoms with Gasteiger partial charge in [0.2, 0.25) is 10.0 Å². The standard InChI is InChI=1S/C27H27NO5S/c1-32-27-19-21(10-16-26(27)33-20-22-7-3-2-4-8-22)9-15-25(29)23-11-13-24(14-12-23)34(30,31)28-17-5-6-18-28/h2-4,7-16,19H,5-6,17-18,20H2,1H3. The molecule has 176 valence electrons. The van der Waals surface area contributed by atoms with Crippen molar-refractivity contribution in [2.75, 3.05) is 20.2 Å². The smallest absolute Gasteiger partial charge is 0.243 e. The first-order valence-corrected chi connectivity index (χ1v) is 12.6. The first-order valence-electron chi connectivity index (χ1n) is 11.1. The van der Waals surface area contributed by atoms with Gasteiger partial charge in [-0.05, 0) is 66.4 Å². The average molecular weight is 478 g/mol. The molecule has 1 fully saturated rings. The van der Waals surface area contributed by atoms with E-state index in [-0.39, 0.29) is 10.7 Å². The van der Waals surface area contributed by atoms with Crippen molar-refractivity contribution < 1.29 is 22.7 Å². The minimum absolute atomic E-state index is 0.214. The maximum Gasteiger partial charge on any atom is 0.243 e. The minimum Gasteiger partial charge on any atom is -0.493 e. The molecule has 0 spiro atoms. The van der Waals surface area contributed by atoms with E-state index in [1.54, 1.807) is 31.4 Å². The molecular weight excluding hydrogens is 450 g/mol. The van der Waals surface area contributed by atoms with Gasteiger partial charge in [-0.15, -0.1) is 0 Å². The number of nitrogens with zero attached hydrogens (tertiary/aromatic N) is 1. The van der Waals surface area contributed by atoms with Gasteiger partial charge in [0.05, 0.1) is 12.0 Å². The summed E-state index contributed by atoms with van der Waals surface area (Å²) in [6, 6.07) is 21.4. The summed E-state index contributed by atoms with van der Waals surface area (Å²) in [6.07, 6.45) is 4.92. The van der Waals surface area contributed by atoms with Crippen LogP contribution in [0.5, 0.6) is 11.5 Å². The normalized spacial score (nSPS) is 14.4. The Morgan fingerprint density at radius 1 is 0.941 bits per heavy atom. The second-order valence-electron chi connectivity index (χ2n) is 8.02. The Kier molecular flexibility index (Phi) is 7.45. The third kappa shape index (κ3) is 5.55. The Bertz CT molecular complexity index is 1260. The van der Waals surface area contributed by atoms with E-state index in [0.29, 0.717) is 36.8 Å². The van der Waals surface area contributed by atoms with Gasteiger partial charge in [0.25, 0.3) is 0 Å². The molecule has 6 nitrogen and oxygen atoms in total. The lowest BCUT2D eigenvalue weighted by Crippen LogP contribution is -2.27. The summed E-state index contributed by atoms with van der Waals surface area (Å²) in [4.78, 5) is 12.8. The first-order chi connectivity index (χ1) is 16.5. The molecular formula is C27H27NO5S. The zero-order valence-electron chi connectivity index (χ0n) is 19.0. The number of rotatable bonds is 9. The van der Waals surface area contributed by atoms with Crippen LogP contribution >= 0.6 is 0 Å². The molecule has 1 heterocycles. The second-order valence-corrected chi connectivity index (χ2v) is 9.96. The Balaban J connectivity index is 1.42. The van der Waals surface area contributed by atoms with Gasteiger partial charge in [-0.3, -0.25) is 4.79 Å². The monoisotopic (exact) mass is 477 g/mol. The lowest BCUT2D eigenvalue weighted by molar-refractivity contribution is 0.104. The highest BCUT2D eigenvalue weighted by molar-refractivity contribution is 7.89. The van der Waals surface area contributed by atoms with Gasteiger partial charge in [0.1, 0.15) is 6.61 Å². The van der Waals surface area contributed by atoms with Crippen molar-refractivity contribution in [1.82, 2.24) is 4.31 Å². The molecule has 1 saturated heterocycles. The van der Waals surface area contributed by atoms with Crippen LogP contribution in [0.25, 0.3) is 6.08 Å². The summed E-state index contributed by atoms with van der Waals surface area (Å²) in [5.41, 5.74) is 2.26. The molecule has 0 amide bonds. The average Bonchev–Trinajstić information content (AvgIpc) is 3.43. The quantitative estimate of drug-likeness (QED) is 0.322. The van der Waals surface area contributed by atoms with Crippen molar-refractivity contribution in [3.05, 3.63) is 95.6 Å². The van der Waals surface area contributed by atoms with E-state index in [1.807, 2.05) is 42.5 Å². The zero-order valence-corrected chi connectivity index (χ0v) is 19.8. The summed E-state index contributed by atoms with van der Waals surface area (Å²) in [7, 11) is -1.92. The van der Waals surface area contributed by atoms with Crippen molar-refractivity contribution in [2.45, 2.75) is 24.3 Å². The SMILES string of the molecule is COc1cc(C=CC(=O)c2ccc(S(=O)(=O)N3CCCC3)cc2)ccc1OCc1ccccc1. The van der Waals surface area contributed by atoms with Crippen LogP contribution in [0, 0.1) is 0 Å². The van der Waals surface area contributed by atoms with Crippen LogP contribution in [-0.2, 0) is 16.6 Å². The van der Waals surface area contributed by atoms with E-state index in [9.17, 15) is 13.2 Å². The molecule has 0 aromatic heterocycles. The molecule has 0 saturated carbocycles. The molecule has 3 aromatic rings. The topological polar surface area (TPSA) is 72.9 Å². The number of hydrogen-bond acceptors (Lipinski definition) is 5. The molecule has 1 aliphatic rings. The molecule has 7 heteroatoms. The third-order valence-corrected chi connectivity index (χ3v) is 7.61. The van der Waals surface area contributed by atoms with Gasteiger partial charge in [0, 0.05) is 18.7 Å². The van der Waals surface area contributed by atoms with Crippen LogP contribution in [0.2, 0.25) is 0 Å². The lowest BCUT2D eigenvalue weighted by atomic mass is 10.1. The fourth-order valence-corrected chi connectivity index (χ4v) is 5.30. The number of methoxy groups -OCH3 is 1. The highest BCUT2D eigenvalue weighted by atomic mass is 32.2. The molecule has 0 aliphatic carbocycles. The molecule has 0 bridgehead atoms. The third-order valence-electron chi connectivity index (χ3n) is 5.69. The minimum atomic E-state index is -3.49. The van der Waals surface area contributed by atoms with Crippen LogP contribution < -0.4 is 9.47 Å². The first kappa shape index (κ1) is 23.7. The van der Waals surface area contributed by atoms with Crippen molar-refractivity contribution in [3.8, 4) is 11.5 Å². The molecule has 3 aromatic carbocycles. The van der Waals surface area contributed by atoms with E-state index in [2.05, 4.69) is 0 Å². The van der Waals surface area contributed by atoms with Gasteiger partial charge >= 0.3 is 0 Å². The summed E-state index contributed by atoms with van der Waals surface area (Å²) in [6.45, 7) is 1.52. The Morgan fingerprint density at radius 3 is 2.32 bits per heavy atom. The maximum absolute atomic E-state index is 12.6.